The van der Waals surface area contributed by atoms with Gasteiger partial charge in [0.15, 0.2) is 5.54 Å². The third kappa shape index (κ3) is 6.51. The van der Waals surface area contributed by atoms with E-state index >= 15 is 0 Å². The third-order valence-electron chi connectivity index (χ3n) is 8.29. The van der Waals surface area contributed by atoms with Gasteiger partial charge in [0, 0.05) is 34.3 Å². The molecule has 2 unspecified atom stereocenters. The summed E-state index contributed by atoms with van der Waals surface area (Å²) in [6.07, 6.45) is 7.34. The first kappa shape index (κ1) is 28.8. The van der Waals surface area contributed by atoms with Gasteiger partial charge in [-0.25, -0.2) is 4.79 Å². The van der Waals surface area contributed by atoms with Crippen LogP contribution in [0, 0.1) is 11.8 Å². The Morgan fingerprint density at radius 3 is 2.45 bits per heavy atom. The summed E-state index contributed by atoms with van der Waals surface area (Å²) in [4.78, 5) is 20.7. The molecule has 0 spiro atoms. The number of benzene rings is 2. The van der Waals surface area contributed by atoms with Gasteiger partial charge >= 0.3 is 5.97 Å². The van der Waals surface area contributed by atoms with Crippen molar-refractivity contribution < 1.29 is 9.53 Å². The fourth-order valence-corrected chi connectivity index (χ4v) is 7.64. The smallest absolute Gasteiger partial charge is 0.336 e. The van der Waals surface area contributed by atoms with Crippen molar-refractivity contribution in [3.63, 3.8) is 0 Å². The van der Waals surface area contributed by atoms with E-state index in [2.05, 4.69) is 55.3 Å². The zero-order chi connectivity index (χ0) is 27.2. The number of thioether (sulfide) groups is 1. The van der Waals surface area contributed by atoms with Crippen molar-refractivity contribution in [2.24, 2.45) is 16.8 Å². The molecular formula is C31H42ClN3O2S. The van der Waals surface area contributed by atoms with Crippen molar-refractivity contribution in [2.45, 2.75) is 75.7 Å². The van der Waals surface area contributed by atoms with Crippen LogP contribution >= 0.6 is 23.4 Å². The number of hydrogen-bond acceptors (Lipinski definition) is 6. The number of rotatable bonds is 11. The Morgan fingerprint density at radius 1 is 1.13 bits per heavy atom. The Morgan fingerprint density at radius 2 is 1.82 bits per heavy atom. The maximum absolute atomic E-state index is 13.4. The second-order valence-corrected chi connectivity index (χ2v) is 12.7. The minimum atomic E-state index is -0.863. The number of aliphatic imine (C=N–C) groups is 1. The highest BCUT2D eigenvalue weighted by atomic mass is 35.5. The standard InChI is InChI=1S/C31H42ClN3O2S/c1-5-19-35-22-33-31(29(36)37-4,21-38-20-23-9-7-6-8-10-23)28(35)24-11-13-25(14-12-24)30(2,3)34-27-17-15-26(32)16-18-27/h6-10,15-18,22,24-25,28,34H,5,11-14,19-21H2,1-4H3. The molecule has 0 amide bonds. The number of methoxy groups -OCH3 is 1. The Hall–Kier alpha value is -2.18. The van der Waals surface area contributed by atoms with Gasteiger partial charge in [-0.05, 0) is 87.6 Å². The first-order chi connectivity index (χ1) is 18.3. The Balaban J connectivity index is 1.47. The zero-order valence-electron chi connectivity index (χ0n) is 23.2. The molecule has 2 atom stereocenters. The van der Waals surface area contributed by atoms with Crippen LogP contribution in [-0.2, 0) is 15.3 Å². The van der Waals surface area contributed by atoms with E-state index in [-0.39, 0.29) is 17.6 Å². The Labute approximate surface area is 237 Å². The lowest BCUT2D eigenvalue weighted by Crippen LogP contribution is -2.58. The maximum Gasteiger partial charge on any atom is 0.336 e. The summed E-state index contributed by atoms with van der Waals surface area (Å²) in [5, 5.41) is 4.49. The number of carbonyl (C=O) groups is 1. The highest BCUT2D eigenvalue weighted by Crippen LogP contribution is 2.45. The number of nitrogens with zero attached hydrogens (tertiary/aromatic N) is 2. The number of ether oxygens (including phenoxy) is 1. The van der Waals surface area contributed by atoms with Gasteiger partial charge in [-0.15, -0.1) is 0 Å². The van der Waals surface area contributed by atoms with Crippen molar-refractivity contribution in [3.05, 3.63) is 65.2 Å². The highest BCUT2D eigenvalue weighted by molar-refractivity contribution is 7.98. The fraction of sp³-hybridized carbons (Fsp3) is 0.548. The van der Waals surface area contributed by atoms with Crippen molar-refractivity contribution in [1.29, 1.82) is 0 Å². The molecule has 7 heteroatoms. The van der Waals surface area contributed by atoms with Gasteiger partial charge in [-0.1, -0.05) is 48.9 Å². The average Bonchev–Trinajstić information content (AvgIpc) is 3.29. The summed E-state index contributed by atoms with van der Waals surface area (Å²) in [7, 11) is 1.50. The molecule has 0 aromatic heterocycles. The molecule has 206 valence electrons. The number of anilines is 1. The van der Waals surface area contributed by atoms with Gasteiger partial charge in [-0.2, -0.15) is 11.8 Å². The molecule has 4 rings (SSSR count). The normalized spacial score (nSPS) is 25.4. The predicted molar refractivity (Wildman–Crippen MR) is 161 cm³/mol. The molecule has 2 aliphatic rings. The van der Waals surface area contributed by atoms with E-state index in [1.807, 2.05) is 36.7 Å². The summed E-state index contributed by atoms with van der Waals surface area (Å²) in [5.74, 6) is 2.20. The van der Waals surface area contributed by atoms with Gasteiger partial charge < -0.3 is 15.0 Å². The van der Waals surface area contributed by atoms with Crippen LogP contribution in [0.1, 0.15) is 58.4 Å². The number of hydrogen-bond donors (Lipinski definition) is 1. The molecule has 2 aromatic rings. The van der Waals surface area contributed by atoms with Crippen molar-refractivity contribution in [1.82, 2.24) is 4.90 Å². The molecule has 5 nitrogen and oxygen atoms in total. The summed E-state index contributed by atoms with van der Waals surface area (Å²) < 4.78 is 5.43. The number of halogens is 1. The lowest BCUT2D eigenvalue weighted by atomic mass is 9.68. The highest BCUT2D eigenvalue weighted by Gasteiger charge is 2.55. The fourth-order valence-electron chi connectivity index (χ4n) is 6.31. The molecule has 0 radical (unpaired) electrons. The van der Waals surface area contributed by atoms with E-state index in [1.54, 1.807) is 11.8 Å². The average molecular weight is 556 g/mol. The van der Waals surface area contributed by atoms with Gasteiger partial charge in [-0.3, -0.25) is 4.99 Å². The molecular weight excluding hydrogens is 514 g/mol. The van der Waals surface area contributed by atoms with E-state index < -0.39 is 5.54 Å². The quantitative estimate of drug-likeness (QED) is 0.295. The first-order valence-corrected chi connectivity index (χ1v) is 15.4. The zero-order valence-corrected chi connectivity index (χ0v) is 24.7. The molecule has 38 heavy (non-hydrogen) atoms. The third-order valence-corrected chi connectivity index (χ3v) is 9.72. The number of nitrogens with one attached hydrogen (secondary N) is 1. The second-order valence-electron chi connectivity index (χ2n) is 11.3. The molecule has 1 aliphatic heterocycles. The molecule has 2 aromatic carbocycles. The lowest BCUT2D eigenvalue weighted by Gasteiger charge is -2.45. The summed E-state index contributed by atoms with van der Waals surface area (Å²) in [6.45, 7) is 7.69. The van der Waals surface area contributed by atoms with Crippen molar-refractivity contribution >= 4 is 41.4 Å². The molecule has 0 bridgehead atoms. The van der Waals surface area contributed by atoms with Gasteiger partial charge in [0.1, 0.15) is 0 Å². The van der Waals surface area contributed by atoms with Crippen molar-refractivity contribution in [2.75, 3.05) is 24.7 Å². The maximum atomic E-state index is 13.4. The summed E-state index contributed by atoms with van der Waals surface area (Å²) in [6, 6.07) is 18.4. The number of esters is 1. The van der Waals surface area contributed by atoms with E-state index in [1.165, 1.54) is 12.7 Å². The van der Waals surface area contributed by atoms with Crippen LogP contribution in [0.4, 0.5) is 5.69 Å². The second kappa shape index (κ2) is 12.8. The first-order valence-electron chi connectivity index (χ1n) is 13.8. The minimum absolute atomic E-state index is 0.0338. The molecule has 1 N–H and O–H groups in total. The molecule has 0 saturated heterocycles. The van der Waals surface area contributed by atoms with E-state index in [0.717, 1.165) is 55.1 Å². The van der Waals surface area contributed by atoms with Gasteiger partial charge in [0.05, 0.1) is 19.5 Å². The van der Waals surface area contributed by atoms with E-state index in [9.17, 15) is 4.79 Å². The predicted octanol–water partition coefficient (Wildman–Crippen LogP) is 7.30. The number of carbonyl (C=O) groups excluding carboxylic acids is 1. The minimum Gasteiger partial charge on any atom is -0.467 e. The largest absolute Gasteiger partial charge is 0.467 e. The van der Waals surface area contributed by atoms with Crippen molar-refractivity contribution in [3.8, 4) is 0 Å². The molecule has 1 fully saturated rings. The molecule has 1 aliphatic carbocycles. The van der Waals surface area contributed by atoms with Crippen LogP contribution in [0.25, 0.3) is 0 Å². The SMILES string of the molecule is CCCN1C=NC(CSCc2ccccc2)(C(=O)OC)C1C1CCC(C(C)(C)Nc2ccc(Cl)cc2)CC1. The van der Waals surface area contributed by atoms with Crippen LogP contribution in [0.3, 0.4) is 0 Å². The molecule has 1 heterocycles. The van der Waals surface area contributed by atoms with E-state index in [0.29, 0.717) is 17.6 Å². The Bertz CT molecular complexity index is 1070. The monoisotopic (exact) mass is 555 g/mol. The van der Waals surface area contributed by atoms with E-state index in [4.69, 9.17) is 21.3 Å². The molecule has 1 saturated carbocycles. The van der Waals surface area contributed by atoms with Gasteiger partial charge in [0.2, 0.25) is 0 Å². The lowest BCUT2D eigenvalue weighted by molar-refractivity contribution is -0.148. The van der Waals surface area contributed by atoms with Gasteiger partial charge in [0.25, 0.3) is 0 Å². The summed E-state index contributed by atoms with van der Waals surface area (Å²) in [5.41, 5.74) is 1.45. The Kier molecular flexibility index (Phi) is 9.69. The topological polar surface area (TPSA) is 53.9 Å². The van der Waals surface area contributed by atoms with Crippen LogP contribution in [-0.4, -0.2) is 53.7 Å². The van der Waals surface area contributed by atoms with Crippen LogP contribution in [0.2, 0.25) is 5.02 Å². The summed E-state index contributed by atoms with van der Waals surface area (Å²) >= 11 is 7.87. The van der Waals surface area contributed by atoms with Crippen LogP contribution in [0.5, 0.6) is 0 Å². The van der Waals surface area contributed by atoms with Crippen LogP contribution in [0.15, 0.2) is 59.6 Å². The van der Waals surface area contributed by atoms with Crippen LogP contribution < -0.4 is 5.32 Å².